The molecule has 3 aromatic carbocycles. The number of rotatable bonds is 9. The third-order valence-corrected chi connectivity index (χ3v) is 6.34. The number of likely N-dealkylation sites (N-methyl/N-ethyl adjacent to an activating group) is 1. The van der Waals surface area contributed by atoms with Crippen LogP contribution in [-0.2, 0) is 17.8 Å². The molecule has 4 rings (SSSR count). The van der Waals surface area contributed by atoms with Crippen LogP contribution < -0.4 is 15.4 Å². The minimum Gasteiger partial charge on any atom is -0.496 e. The number of likely N-dealkylation sites (tertiary alicyclic amines) is 1. The van der Waals surface area contributed by atoms with Crippen LogP contribution in [0.3, 0.4) is 0 Å². The second kappa shape index (κ2) is 10.2. The highest BCUT2D eigenvalue weighted by atomic mass is 16.5. The van der Waals surface area contributed by atoms with E-state index in [0.717, 1.165) is 37.2 Å². The Morgan fingerprint density at radius 3 is 2.42 bits per heavy atom. The normalized spacial score (nSPS) is 20.2. The molecule has 0 aromatic heterocycles. The molecule has 5 nitrogen and oxygen atoms in total. The molecule has 164 valence electrons. The van der Waals surface area contributed by atoms with Gasteiger partial charge in [0, 0.05) is 38.2 Å². The van der Waals surface area contributed by atoms with Gasteiger partial charge in [0.2, 0.25) is 0 Å². The van der Waals surface area contributed by atoms with E-state index in [-0.39, 0.29) is 6.23 Å². The highest BCUT2D eigenvalue weighted by Gasteiger charge is 2.36. The summed E-state index contributed by atoms with van der Waals surface area (Å²) in [6, 6.07) is 24.1. The molecule has 0 radical (unpaired) electrons. The molecule has 0 bridgehead atoms. The van der Waals surface area contributed by atoms with E-state index in [1.54, 1.807) is 14.2 Å². The number of benzene rings is 3. The average molecular weight is 420 g/mol. The molecule has 31 heavy (non-hydrogen) atoms. The molecule has 0 spiro atoms. The molecule has 2 N–H and O–H groups in total. The summed E-state index contributed by atoms with van der Waals surface area (Å²) in [4.78, 5) is 2.53. The van der Waals surface area contributed by atoms with E-state index in [4.69, 9.17) is 9.47 Å². The smallest absolute Gasteiger partial charge is 0.126 e. The van der Waals surface area contributed by atoms with Gasteiger partial charge in [0.05, 0.1) is 13.2 Å². The van der Waals surface area contributed by atoms with Gasteiger partial charge in [-0.25, -0.2) is 0 Å². The topological polar surface area (TPSA) is 45.8 Å². The zero-order chi connectivity index (χ0) is 21.6. The molecule has 0 amide bonds. The lowest BCUT2D eigenvalue weighted by Crippen LogP contribution is -2.46. The molecule has 1 heterocycles. The number of nitrogens with one attached hydrogen (secondary N) is 2. The Balaban J connectivity index is 1.48. The molecule has 0 aliphatic carbocycles. The van der Waals surface area contributed by atoms with E-state index in [9.17, 15) is 0 Å². The molecule has 1 fully saturated rings. The second-order valence-corrected chi connectivity index (χ2v) is 8.21. The van der Waals surface area contributed by atoms with Crippen LogP contribution in [0.25, 0.3) is 10.8 Å². The minimum absolute atomic E-state index is 0.0114. The van der Waals surface area contributed by atoms with E-state index in [2.05, 4.69) is 82.3 Å². The predicted molar refractivity (Wildman–Crippen MR) is 126 cm³/mol. The number of fused-ring (bicyclic) bond motifs is 1. The van der Waals surface area contributed by atoms with E-state index in [1.165, 1.54) is 16.5 Å². The predicted octanol–water partition coefficient (Wildman–Crippen LogP) is 3.77. The van der Waals surface area contributed by atoms with Crippen LogP contribution in [0, 0.1) is 0 Å². The lowest BCUT2D eigenvalue weighted by Gasteiger charge is -2.30. The zero-order valence-corrected chi connectivity index (χ0v) is 18.7. The quantitative estimate of drug-likeness (QED) is 0.517. The average Bonchev–Trinajstić information content (AvgIpc) is 3.21. The van der Waals surface area contributed by atoms with Crippen molar-refractivity contribution < 1.29 is 9.47 Å². The standard InChI is InChI=1S/C26H33N3O2/c1-27-26(31-3)24-15-21(18-29(24)17-19-9-5-4-6-10-19)28-16-20-13-14-25(30-2)23-12-8-7-11-22(20)23/h4-14,21,24,26-28H,15-18H2,1-3H3/t21-,24-,26?/m0/s1. The van der Waals surface area contributed by atoms with Crippen molar-refractivity contribution in [1.29, 1.82) is 0 Å². The summed E-state index contributed by atoms with van der Waals surface area (Å²) in [5.74, 6) is 0.922. The van der Waals surface area contributed by atoms with Crippen LogP contribution in [0.1, 0.15) is 17.5 Å². The highest BCUT2D eigenvalue weighted by Crippen LogP contribution is 2.29. The summed E-state index contributed by atoms with van der Waals surface area (Å²) in [5, 5.41) is 9.55. The Kier molecular flexibility index (Phi) is 7.20. The van der Waals surface area contributed by atoms with Crippen molar-refractivity contribution in [2.75, 3.05) is 27.8 Å². The Labute approximate surface area is 185 Å². The molecular formula is C26H33N3O2. The summed E-state index contributed by atoms with van der Waals surface area (Å²) in [7, 11) is 5.49. The fourth-order valence-corrected chi connectivity index (χ4v) is 4.78. The van der Waals surface area contributed by atoms with Crippen LogP contribution >= 0.6 is 0 Å². The van der Waals surface area contributed by atoms with E-state index in [1.807, 2.05) is 7.05 Å². The first-order valence-electron chi connectivity index (χ1n) is 11.0. The second-order valence-electron chi connectivity index (χ2n) is 8.21. The maximum Gasteiger partial charge on any atom is 0.126 e. The van der Waals surface area contributed by atoms with Gasteiger partial charge in [-0.05, 0) is 36.0 Å². The Morgan fingerprint density at radius 1 is 0.968 bits per heavy atom. The van der Waals surface area contributed by atoms with E-state index in [0.29, 0.717) is 12.1 Å². The van der Waals surface area contributed by atoms with Crippen molar-refractivity contribution in [2.45, 2.75) is 37.8 Å². The Morgan fingerprint density at radius 2 is 1.71 bits per heavy atom. The molecular weight excluding hydrogens is 386 g/mol. The molecule has 1 aliphatic heterocycles. The van der Waals surface area contributed by atoms with Gasteiger partial charge in [0.15, 0.2) is 0 Å². The summed E-state index contributed by atoms with van der Waals surface area (Å²) >= 11 is 0. The number of hydrogen-bond acceptors (Lipinski definition) is 5. The van der Waals surface area contributed by atoms with Crippen molar-refractivity contribution in [1.82, 2.24) is 15.5 Å². The third kappa shape index (κ3) is 4.91. The third-order valence-electron chi connectivity index (χ3n) is 6.34. The summed E-state index contributed by atoms with van der Waals surface area (Å²) in [6.45, 7) is 2.75. The van der Waals surface area contributed by atoms with Gasteiger partial charge in [-0.15, -0.1) is 0 Å². The van der Waals surface area contributed by atoms with Gasteiger partial charge in [-0.2, -0.15) is 0 Å². The number of hydrogen-bond donors (Lipinski definition) is 2. The minimum atomic E-state index is 0.0114. The molecule has 1 saturated heterocycles. The van der Waals surface area contributed by atoms with Crippen LogP contribution in [0.15, 0.2) is 66.7 Å². The maximum absolute atomic E-state index is 5.75. The van der Waals surface area contributed by atoms with Gasteiger partial charge < -0.3 is 14.8 Å². The molecule has 0 saturated carbocycles. The van der Waals surface area contributed by atoms with Crippen LogP contribution in [-0.4, -0.2) is 51.0 Å². The number of ether oxygens (including phenoxy) is 2. The van der Waals surface area contributed by atoms with Gasteiger partial charge in [-0.1, -0.05) is 60.7 Å². The van der Waals surface area contributed by atoms with E-state index >= 15 is 0 Å². The van der Waals surface area contributed by atoms with Crippen molar-refractivity contribution >= 4 is 10.8 Å². The van der Waals surface area contributed by atoms with Crippen LogP contribution in [0.5, 0.6) is 5.75 Å². The van der Waals surface area contributed by atoms with E-state index < -0.39 is 0 Å². The fourth-order valence-electron chi connectivity index (χ4n) is 4.78. The summed E-state index contributed by atoms with van der Waals surface area (Å²) in [5.41, 5.74) is 2.63. The molecule has 3 atom stereocenters. The summed E-state index contributed by atoms with van der Waals surface area (Å²) < 4.78 is 11.3. The zero-order valence-electron chi connectivity index (χ0n) is 18.7. The van der Waals surface area contributed by atoms with Crippen molar-refractivity contribution in [3.63, 3.8) is 0 Å². The maximum atomic E-state index is 5.75. The lowest BCUT2D eigenvalue weighted by atomic mass is 10.0. The molecule has 3 aromatic rings. The van der Waals surface area contributed by atoms with Crippen LogP contribution in [0.4, 0.5) is 0 Å². The molecule has 5 heteroatoms. The number of methoxy groups -OCH3 is 2. The highest BCUT2D eigenvalue weighted by molar-refractivity contribution is 5.91. The van der Waals surface area contributed by atoms with Crippen molar-refractivity contribution in [2.24, 2.45) is 0 Å². The number of nitrogens with zero attached hydrogens (tertiary/aromatic N) is 1. The van der Waals surface area contributed by atoms with Gasteiger partial charge in [0.25, 0.3) is 0 Å². The SMILES string of the molecule is CNC(OC)[C@@H]1C[C@H](NCc2ccc(OC)c3ccccc23)CN1Cc1ccccc1. The van der Waals surface area contributed by atoms with Gasteiger partial charge in [-0.3, -0.25) is 10.2 Å². The fraction of sp³-hybridized carbons (Fsp3) is 0.385. The van der Waals surface area contributed by atoms with Crippen LogP contribution in [0.2, 0.25) is 0 Å². The lowest BCUT2D eigenvalue weighted by molar-refractivity contribution is 0.0108. The first-order chi connectivity index (χ1) is 15.2. The van der Waals surface area contributed by atoms with Gasteiger partial charge in [0.1, 0.15) is 12.0 Å². The van der Waals surface area contributed by atoms with Crippen molar-refractivity contribution in [3.05, 3.63) is 77.9 Å². The first kappa shape index (κ1) is 21.8. The molecule has 1 unspecified atom stereocenters. The monoisotopic (exact) mass is 419 g/mol. The summed E-state index contributed by atoms with van der Waals surface area (Å²) in [6.07, 6.45) is 1.05. The van der Waals surface area contributed by atoms with Crippen molar-refractivity contribution in [3.8, 4) is 5.75 Å². The Bertz CT molecular complexity index is 975. The molecule has 1 aliphatic rings. The van der Waals surface area contributed by atoms with Gasteiger partial charge >= 0.3 is 0 Å². The largest absolute Gasteiger partial charge is 0.496 e. The Hall–Kier alpha value is -2.44. The first-order valence-corrected chi connectivity index (χ1v) is 11.0.